The molecule has 2 saturated heterocycles. The lowest BCUT2D eigenvalue weighted by molar-refractivity contribution is -0.153. The summed E-state index contributed by atoms with van der Waals surface area (Å²) in [5, 5.41) is 0. The number of hydrogen-bond acceptors (Lipinski definition) is 3. The highest BCUT2D eigenvalue weighted by molar-refractivity contribution is 5.79. The Morgan fingerprint density at radius 2 is 2.18 bits per heavy atom. The van der Waals surface area contributed by atoms with Crippen LogP contribution in [0.1, 0.15) is 19.8 Å². The highest BCUT2D eigenvalue weighted by atomic mass is 16.5. The van der Waals surface area contributed by atoms with Gasteiger partial charge in [0.05, 0.1) is 12.1 Å². The minimum Gasteiger partial charge on any atom is -0.364 e. The standard InChI is InChI=1S/C12H18N2O3/c1-8(15)13-5-10-11(6-13)17-7-12(16)14(10)4-9-2-3-9/h9-11H,2-7H2,1H3. The number of nitrogens with zero attached hydrogens (tertiary/aromatic N) is 2. The fourth-order valence-electron chi connectivity index (χ4n) is 2.74. The molecule has 0 aromatic carbocycles. The topological polar surface area (TPSA) is 49.9 Å². The predicted octanol–water partition coefficient (Wildman–Crippen LogP) is -0.146. The molecule has 2 heterocycles. The molecule has 0 aromatic heterocycles. The van der Waals surface area contributed by atoms with Gasteiger partial charge in [0.1, 0.15) is 6.61 Å². The van der Waals surface area contributed by atoms with E-state index in [9.17, 15) is 9.59 Å². The maximum Gasteiger partial charge on any atom is 0.248 e. The van der Waals surface area contributed by atoms with Crippen molar-refractivity contribution in [3.8, 4) is 0 Å². The molecular weight excluding hydrogens is 220 g/mol. The number of hydrogen-bond donors (Lipinski definition) is 0. The van der Waals surface area contributed by atoms with Crippen molar-refractivity contribution in [2.75, 3.05) is 26.2 Å². The number of rotatable bonds is 2. The molecule has 5 nitrogen and oxygen atoms in total. The van der Waals surface area contributed by atoms with Crippen molar-refractivity contribution in [2.24, 2.45) is 5.92 Å². The first-order valence-electron chi connectivity index (χ1n) is 6.31. The van der Waals surface area contributed by atoms with Crippen molar-refractivity contribution in [1.82, 2.24) is 9.80 Å². The third-order valence-electron chi connectivity index (χ3n) is 3.98. The molecule has 0 bridgehead atoms. The molecule has 1 aliphatic carbocycles. The molecule has 0 aromatic rings. The second kappa shape index (κ2) is 3.98. The molecule has 2 unspecified atom stereocenters. The van der Waals surface area contributed by atoms with Gasteiger partial charge in [-0.2, -0.15) is 0 Å². The number of fused-ring (bicyclic) bond motifs is 1. The first-order valence-corrected chi connectivity index (χ1v) is 6.31. The first kappa shape index (κ1) is 11.0. The molecule has 2 aliphatic heterocycles. The number of morpholine rings is 1. The van der Waals surface area contributed by atoms with Crippen LogP contribution in [0.15, 0.2) is 0 Å². The Morgan fingerprint density at radius 1 is 1.41 bits per heavy atom. The van der Waals surface area contributed by atoms with Crippen LogP contribution in [0.25, 0.3) is 0 Å². The van der Waals surface area contributed by atoms with E-state index in [1.165, 1.54) is 12.8 Å². The van der Waals surface area contributed by atoms with Crippen molar-refractivity contribution in [1.29, 1.82) is 0 Å². The van der Waals surface area contributed by atoms with Gasteiger partial charge in [0.2, 0.25) is 11.8 Å². The Bertz CT molecular complexity index is 354. The zero-order valence-corrected chi connectivity index (χ0v) is 10.1. The monoisotopic (exact) mass is 238 g/mol. The van der Waals surface area contributed by atoms with Gasteiger partial charge in [-0.3, -0.25) is 9.59 Å². The average molecular weight is 238 g/mol. The molecule has 3 rings (SSSR count). The average Bonchev–Trinajstić information content (AvgIpc) is 2.99. The number of likely N-dealkylation sites (tertiary alicyclic amines) is 1. The molecule has 2 atom stereocenters. The van der Waals surface area contributed by atoms with E-state index in [0.29, 0.717) is 19.0 Å². The van der Waals surface area contributed by atoms with E-state index in [0.717, 1.165) is 6.54 Å². The van der Waals surface area contributed by atoms with E-state index in [4.69, 9.17) is 4.74 Å². The summed E-state index contributed by atoms with van der Waals surface area (Å²) in [7, 11) is 0. The van der Waals surface area contributed by atoms with E-state index in [1.54, 1.807) is 11.8 Å². The lowest BCUT2D eigenvalue weighted by atomic mass is 10.1. The molecular formula is C12H18N2O3. The smallest absolute Gasteiger partial charge is 0.248 e. The fraction of sp³-hybridized carbons (Fsp3) is 0.833. The van der Waals surface area contributed by atoms with Crippen LogP contribution in [-0.2, 0) is 14.3 Å². The third-order valence-corrected chi connectivity index (χ3v) is 3.98. The third kappa shape index (κ3) is 2.04. The molecule has 0 spiro atoms. The number of ether oxygens (including phenoxy) is 1. The van der Waals surface area contributed by atoms with Crippen LogP contribution in [0.5, 0.6) is 0 Å². The van der Waals surface area contributed by atoms with Gasteiger partial charge in [0.25, 0.3) is 0 Å². The van der Waals surface area contributed by atoms with Gasteiger partial charge in [-0.25, -0.2) is 0 Å². The van der Waals surface area contributed by atoms with Crippen LogP contribution >= 0.6 is 0 Å². The second-order valence-corrected chi connectivity index (χ2v) is 5.33. The zero-order chi connectivity index (χ0) is 12.0. The second-order valence-electron chi connectivity index (χ2n) is 5.33. The van der Waals surface area contributed by atoms with E-state index in [-0.39, 0.29) is 30.6 Å². The van der Waals surface area contributed by atoms with Crippen molar-refractivity contribution in [2.45, 2.75) is 31.9 Å². The summed E-state index contributed by atoms with van der Waals surface area (Å²) < 4.78 is 5.54. The molecule has 0 N–H and O–H groups in total. The van der Waals surface area contributed by atoms with E-state index in [1.807, 2.05) is 4.90 Å². The minimum atomic E-state index is 0.0235. The Labute approximate surface area is 101 Å². The fourth-order valence-corrected chi connectivity index (χ4v) is 2.74. The number of amides is 2. The summed E-state index contributed by atoms with van der Waals surface area (Å²) in [4.78, 5) is 27.0. The van der Waals surface area contributed by atoms with Gasteiger partial charge in [-0.1, -0.05) is 0 Å². The van der Waals surface area contributed by atoms with E-state index < -0.39 is 0 Å². The SMILES string of the molecule is CC(=O)N1CC2OCC(=O)N(CC3CC3)C2C1. The van der Waals surface area contributed by atoms with Gasteiger partial charge in [0.15, 0.2) is 0 Å². The summed E-state index contributed by atoms with van der Waals surface area (Å²) >= 11 is 0. The lowest BCUT2D eigenvalue weighted by Crippen LogP contribution is -2.54. The van der Waals surface area contributed by atoms with Gasteiger partial charge in [-0.05, 0) is 18.8 Å². The summed E-state index contributed by atoms with van der Waals surface area (Å²) in [5.74, 6) is 0.842. The Balaban J connectivity index is 1.72. The molecule has 3 fully saturated rings. The lowest BCUT2D eigenvalue weighted by Gasteiger charge is -2.36. The zero-order valence-electron chi connectivity index (χ0n) is 10.1. The highest BCUT2D eigenvalue weighted by Gasteiger charge is 2.45. The van der Waals surface area contributed by atoms with Crippen molar-refractivity contribution >= 4 is 11.8 Å². The van der Waals surface area contributed by atoms with Gasteiger partial charge < -0.3 is 14.5 Å². The van der Waals surface area contributed by atoms with Crippen LogP contribution in [-0.4, -0.2) is 60.0 Å². The van der Waals surface area contributed by atoms with Crippen LogP contribution in [0.2, 0.25) is 0 Å². The highest BCUT2D eigenvalue weighted by Crippen LogP contribution is 2.33. The minimum absolute atomic E-state index is 0.0235. The number of carbonyl (C=O) groups is 2. The largest absolute Gasteiger partial charge is 0.364 e. The van der Waals surface area contributed by atoms with Crippen molar-refractivity contribution < 1.29 is 14.3 Å². The van der Waals surface area contributed by atoms with Crippen molar-refractivity contribution in [3.05, 3.63) is 0 Å². The van der Waals surface area contributed by atoms with Crippen LogP contribution in [0, 0.1) is 5.92 Å². The Morgan fingerprint density at radius 3 is 2.82 bits per heavy atom. The van der Waals surface area contributed by atoms with Crippen molar-refractivity contribution in [3.63, 3.8) is 0 Å². The normalized spacial score (nSPS) is 32.9. The summed E-state index contributed by atoms with van der Waals surface area (Å²) in [6.07, 6.45) is 2.49. The van der Waals surface area contributed by atoms with E-state index >= 15 is 0 Å². The summed E-state index contributed by atoms with van der Waals surface area (Å²) in [6.45, 7) is 3.88. The number of carbonyl (C=O) groups excluding carboxylic acids is 2. The molecule has 94 valence electrons. The summed E-state index contributed by atoms with van der Waals surface area (Å²) in [6, 6.07) is 0.0840. The van der Waals surface area contributed by atoms with Gasteiger partial charge in [0, 0.05) is 26.6 Å². The van der Waals surface area contributed by atoms with Gasteiger partial charge in [-0.15, -0.1) is 0 Å². The van der Waals surface area contributed by atoms with E-state index in [2.05, 4.69) is 0 Å². The predicted molar refractivity (Wildman–Crippen MR) is 60.2 cm³/mol. The molecule has 0 radical (unpaired) electrons. The molecule has 2 amide bonds. The molecule has 5 heteroatoms. The molecule has 1 saturated carbocycles. The summed E-state index contributed by atoms with van der Waals surface area (Å²) in [5.41, 5.74) is 0. The first-order chi connectivity index (χ1) is 8.15. The molecule has 17 heavy (non-hydrogen) atoms. The van der Waals surface area contributed by atoms with Crippen LogP contribution in [0.3, 0.4) is 0 Å². The molecule has 3 aliphatic rings. The Kier molecular flexibility index (Phi) is 2.58. The van der Waals surface area contributed by atoms with Crippen LogP contribution < -0.4 is 0 Å². The van der Waals surface area contributed by atoms with Gasteiger partial charge >= 0.3 is 0 Å². The maximum atomic E-state index is 11.9. The maximum absolute atomic E-state index is 11.9. The Hall–Kier alpha value is -1.10. The van der Waals surface area contributed by atoms with Crippen LogP contribution in [0.4, 0.5) is 0 Å². The quantitative estimate of drug-likeness (QED) is 0.672.